The van der Waals surface area contributed by atoms with E-state index in [4.69, 9.17) is 5.73 Å². The van der Waals surface area contributed by atoms with E-state index in [9.17, 15) is 17.6 Å². The third kappa shape index (κ3) is 3.90. The van der Waals surface area contributed by atoms with Gasteiger partial charge < -0.3 is 5.73 Å². The van der Waals surface area contributed by atoms with Gasteiger partial charge in [-0.2, -0.15) is 0 Å². The van der Waals surface area contributed by atoms with Crippen LogP contribution in [0.1, 0.15) is 48.1 Å². The minimum absolute atomic E-state index is 0.0607. The van der Waals surface area contributed by atoms with Crippen molar-refractivity contribution in [2.75, 3.05) is 5.75 Å². The third-order valence-corrected chi connectivity index (χ3v) is 8.81. The molecule has 1 atom stereocenters. The first-order chi connectivity index (χ1) is 13.8. The zero-order chi connectivity index (χ0) is 22.5. The van der Waals surface area contributed by atoms with Crippen molar-refractivity contribution in [2.45, 2.75) is 44.4 Å². The lowest BCUT2D eigenvalue weighted by Crippen LogP contribution is -2.55. The third-order valence-electron chi connectivity index (χ3n) is 5.37. The van der Waals surface area contributed by atoms with Crippen LogP contribution in [0.3, 0.4) is 0 Å². The average molecular weight is 497 g/mol. The number of aromatic nitrogens is 2. The fourth-order valence-corrected chi connectivity index (χ4v) is 5.36. The lowest BCUT2D eigenvalue weighted by Gasteiger charge is -2.38. The predicted octanol–water partition coefficient (Wildman–Crippen LogP) is 2.89. The van der Waals surface area contributed by atoms with E-state index in [1.807, 2.05) is 0 Å². The number of sulfone groups is 1. The number of aliphatic imine (C=N–C) groups is 1. The van der Waals surface area contributed by atoms with Gasteiger partial charge in [0.25, 0.3) is 0 Å². The molecule has 7 nitrogen and oxygen atoms in total. The van der Waals surface area contributed by atoms with Crippen LogP contribution in [0.2, 0.25) is 0 Å². The number of nitrogens with two attached hydrogens (primary N) is 1. The number of halogens is 2. The van der Waals surface area contributed by atoms with Crippen molar-refractivity contribution in [3.8, 4) is 0 Å². The van der Waals surface area contributed by atoms with Gasteiger partial charge >= 0.3 is 0 Å². The van der Waals surface area contributed by atoms with E-state index in [1.54, 1.807) is 6.92 Å². The highest BCUT2D eigenvalue weighted by atomic mass is 79.9. The van der Waals surface area contributed by atoms with Gasteiger partial charge in [-0.15, -0.1) is 0 Å². The second-order valence-corrected chi connectivity index (χ2v) is 11.5. The minimum Gasteiger partial charge on any atom is -0.386 e. The molecule has 160 valence electrons. The standard InChI is InChI=1S/C20H22BrFN4O3S/c1-11-8-25-16(9-24-11)17(27)6-12-5-13(15(22)7-14(12)21)20(4)10-30(28,29)19(2,3)18(23)26-20/h5,7-9H,6,10H2,1-4H3,(H2,23,26)/t20-/m0/s1. The number of Topliss-reactive ketones (excluding diaryl/α,β-unsaturated/α-hetero) is 1. The summed E-state index contributed by atoms with van der Waals surface area (Å²) in [4.78, 5) is 25.1. The molecule has 0 spiro atoms. The van der Waals surface area contributed by atoms with Gasteiger partial charge in [0, 0.05) is 22.7 Å². The molecule has 1 aromatic carbocycles. The number of benzene rings is 1. The second-order valence-electron chi connectivity index (χ2n) is 8.11. The lowest BCUT2D eigenvalue weighted by molar-refractivity contribution is 0.0987. The first-order valence-corrected chi connectivity index (χ1v) is 11.6. The molecule has 0 amide bonds. The Hall–Kier alpha value is -2.20. The molecule has 1 aromatic heterocycles. The van der Waals surface area contributed by atoms with Crippen LogP contribution in [0.15, 0.2) is 34.0 Å². The molecule has 0 unspecified atom stereocenters. The number of hydrogen-bond donors (Lipinski definition) is 1. The van der Waals surface area contributed by atoms with Crippen molar-refractivity contribution < 1.29 is 17.6 Å². The minimum atomic E-state index is -3.70. The van der Waals surface area contributed by atoms with Crippen molar-refractivity contribution >= 4 is 37.4 Å². The second kappa shape index (κ2) is 7.49. The lowest BCUT2D eigenvalue weighted by atomic mass is 9.90. The molecule has 2 aromatic rings. The first-order valence-electron chi connectivity index (χ1n) is 9.15. The van der Waals surface area contributed by atoms with Crippen LogP contribution in [0, 0.1) is 12.7 Å². The van der Waals surface area contributed by atoms with Gasteiger partial charge in [0.1, 0.15) is 27.6 Å². The summed E-state index contributed by atoms with van der Waals surface area (Å²) in [5.74, 6) is -1.41. The molecular weight excluding hydrogens is 475 g/mol. The molecule has 2 N–H and O–H groups in total. The van der Waals surface area contributed by atoms with E-state index < -0.39 is 31.7 Å². The Labute approximate surface area is 183 Å². The molecular formula is C20H22BrFN4O3S. The van der Waals surface area contributed by atoms with E-state index in [0.29, 0.717) is 15.7 Å². The molecule has 3 rings (SSSR count). The zero-order valence-corrected chi connectivity index (χ0v) is 19.4. The Kier molecular flexibility index (Phi) is 5.61. The van der Waals surface area contributed by atoms with Crippen molar-refractivity contribution in [1.82, 2.24) is 9.97 Å². The van der Waals surface area contributed by atoms with E-state index in [1.165, 1.54) is 45.3 Å². The van der Waals surface area contributed by atoms with Gasteiger partial charge in [-0.25, -0.2) is 17.8 Å². The number of aryl methyl sites for hydroxylation is 1. The molecule has 0 saturated heterocycles. The summed E-state index contributed by atoms with van der Waals surface area (Å²) >= 11 is 3.28. The Balaban J connectivity index is 2.04. The molecule has 1 aliphatic heterocycles. The Morgan fingerprint density at radius 2 is 1.90 bits per heavy atom. The van der Waals surface area contributed by atoms with Gasteiger partial charge in [0.2, 0.25) is 0 Å². The summed E-state index contributed by atoms with van der Waals surface area (Å²) in [6.45, 7) is 6.24. The van der Waals surface area contributed by atoms with E-state index >= 15 is 0 Å². The SMILES string of the molecule is Cc1cnc(C(=O)Cc2cc([C@]3(C)CS(=O)(=O)C(C)(C)C(N)=N3)c(F)cc2Br)cn1. The normalized spacial score (nSPS) is 22.4. The maximum absolute atomic E-state index is 14.9. The largest absolute Gasteiger partial charge is 0.386 e. The van der Waals surface area contributed by atoms with E-state index in [2.05, 4.69) is 30.9 Å². The summed E-state index contributed by atoms with van der Waals surface area (Å²) in [6.07, 6.45) is 2.81. The fraction of sp³-hybridized carbons (Fsp3) is 0.400. The van der Waals surface area contributed by atoms with Gasteiger partial charge in [0.05, 0.1) is 17.6 Å². The van der Waals surface area contributed by atoms with Gasteiger partial charge in [-0.3, -0.25) is 14.8 Å². The maximum atomic E-state index is 14.9. The molecule has 0 radical (unpaired) electrons. The number of rotatable bonds is 4. The highest BCUT2D eigenvalue weighted by Crippen LogP contribution is 2.39. The van der Waals surface area contributed by atoms with Gasteiger partial charge in [-0.05, 0) is 45.4 Å². The summed E-state index contributed by atoms with van der Waals surface area (Å²) in [7, 11) is -3.70. The summed E-state index contributed by atoms with van der Waals surface area (Å²) < 4.78 is 39.5. The Morgan fingerprint density at radius 1 is 1.23 bits per heavy atom. The molecule has 0 aliphatic carbocycles. The van der Waals surface area contributed by atoms with Gasteiger partial charge in [0.15, 0.2) is 15.6 Å². The van der Waals surface area contributed by atoms with Crippen LogP contribution >= 0.6 is 15.9 Å². The molecule has 2 heterocycles. The van der Waals surface area contributed by atoms with Crippen molar-refractivity contribution in [2.24, 2.45) is 10.7 Å². The van der Waals surface area contributed by atoms with Crippen LogP contribution in [-0.4, -0.2) is 40.5 Å². The first kappa shape index (κ1) is 22.5. The Morgan fingerprint density at radius 3 is 2.47 bits per heavy atom. The van der Waals surface area contributed by atoms with Crippen molar-refractivity contribution in [3.05, 3.63) is 57.3 Å². The molecule has 0 fully saturated rings. The molecule has 30 heavy (non-hydrogen) atoms. The average Bonchev–Trinajstić information content (AvgIpc) is 2.62. The van der Waals surface area contributed by atoms with Crippen LogP contribution in [-0.2, 0) is 21.8 Å². The quantitative estimate of drug-likeness (QED) is 0.650. The maximum Gasteiger partial charge on any atom is 0.187 e. The monoisotopic (exact) mass is 496 g/mol. The van der Waals surface area contributed by atoms with Crippen molar-refractivity contribution in [3.63, 3.8) is 0 Å². The number of carbonyl (C=O) groups excluding carboxylic acids is 1. The predicted molar refractivity (Wildman–Crippen MR) is 116 cm³/mol. The molecule has 0 bridgehead atoms. The Bertz CT molecular complexity index is 1160. The number of ketones is 1. The highest BCUT2D eigenvalue weighted by molar-refractivity contribution is 9.10. The van der Waals surface area contributed by atoms with Crippen molar-refractivity contribution in [1.29, 1.82) is 0 Å². The molecule has 1 aliphatic rings. The van der Waals surface area contributed by atoms with E-state index in [-0.39, 0.29) is 29.3 Å². The van der Waals surface area contributed by atoms with E-state index in [0.717, 1.165) is 0 Å². The number of amidine groups is 1. The highest BCUT2D eigenvalue weighted by Gasteiger charge is 2.49. The topological polar surface area (TPSA) is 115 Å². The van der Waals surface area contributed by atoms with Gasteiger partial charge in [-0.1, -0.05) is 15.9 Å². The molecule has 10 heteroatoms. The van der Waals surface area contributed by atoms with Crippen LogP contribution < -0.4 is 5.73 Å². The van der Waals surface area contributed by atoms with Crippen LogP contribution in [0.5, 0.6) is 0 Å². The number of carbonyl (C=O) groups is 1. The van der Waals surface area contributed by atoms with Crippen LogP contribution in [0.25, 0.3) is 0 Å². The molecule has 0 saturated carbocycles. The zero-order valence-electron chi connectivity index (χ0n) is 17.0. The fourth-order valence-electron chi connectivity index (χ4n) is 3.22. The van der Waals surface area contributed by atoms with Crippen LogP contribution in [0.4, 0.5) is 4.39 Å². The number of nitrogens with zero attached hydrogens (tertiary/aromatic N) is 3. The summed E-state index contributed by atoms with van der Waals surface area (Å²) in [5.41, 5.74) is 5.96. The summed E-state index contributed by atoms with van der Waals surface area (Å²) in [6, 6.07) is 2.67. The summed E-state index contributed by atoms with van der Waals surface area (Å²) in [5, 5.41) is 0. The number of hydrogen-bond acceptors (Lipinski definition) is 7. The smallest absolute Gasteiger partial charge is 0.187 e.